The predicted molar refractivity (Wildman–Crippen MR) is 81.2 cm³/mol. The van der Waals surface area contributed by atoms with Gasteiger partial charge in [-0.15, -0.1) is 0 Å². The normalized spacial score (nSPS) is 12.8. The van der Waals surface area contributed by atoms with Gasteiger partial charge >= 0.3 is 12.0 Å². The molecule has 0 radical (unpaired) electrons. The van der Waals surface area contributed by atoms with E-state index in [1.807, 2.05) is 20.1 Å². The van der Waals surface area contributed by atoms with E-state index >= 15 is 0 Å². The Hall–Kier alpha value is -0.950. The standard InChI is InChI=1S/C13H26N2O4S/c1-13(2,6-7-19-3)9-14-12(18)15-10(11(16)17)5-8-20-4/h10H,5-9H2,1-4H3,(H,16,17)(H2,14,15,18)/t10-/m0/s1. The second-order valence-corrected chi connectivity index (χ2v) is 6.39. The molecule has 0 fully saturated rings. The minimum Gasteiger partial charge on any atom is -0.480 e. The van der Waals surface area contributed by atoms with E-state index in [1.54, 1.807) is 18.9 Å². The van der Waals surface area contributed by atoms with Crippen LogP contribution >= 0.6 is 11.8 Å². The smallest absolute Gasteiger partial charge is 0.326 e. The van der Waals surface area contributed by atoms with Crippen LogP contribution in [0.3, 0.4) is 0 Å². The molecule has 118 valence electrons. The quantitative estimate of drug-likeness (QED) is 0.570. The number of amides is 2. The van der Waals surface area contributed by atoms with Gasteiger partial charge in [-0.25, -0.2) is 9.59 Å². The Balaban J connectivity index is 4.15. The number of nitrogens with one attached hydrogen (secondary N) is 2. The molecule has 0 aliphatic rings. The fraction of sp³-hybridized carbons (Fsp3) is 0.846. The highest BCUT2D eigenvalue weighted by molar-refractivity contribution is 7.98. The van der Waals surface area contributed by atoms with Crippen molar-refractivity contribution >= 4 is 23.8 Å². The number of aliphatic carboxylic acids is 1. The third kappa shape index (κ3) is 9.03. The van der Waals surface area contributed by atoms with Crippen molar-refractivity contribution in [3.8, 4) is 0 Å². The molecule has 0 aromatic heterocycles. The third-order valence-corrected chi connectivity index (χ3v) is 3.57. The van der Waals surface area contributed by atoms with Gasteiger partial charge in [-0.3, -0.25) is 0 Å². The van der Waals surface area contributed by atoms with Gasteiger partial charge in [0, 0.05) is 20.3 Å². The Morgan fingerprint density at radius 2 is 2.05 bits per heavy atom. The number of rotatable bonds is 10. The summed E-state index contributed by atoms with van der Waals surface area (Å²) in [7, 11) is 1.64. The van der Waals surface area contributed by atoms with Crippen molar-refractivity contribution in [3.63, 3.8) is 0 Å². The number of hydrogen-bond acceptors (Lipinski definition) is 4. The van der Waals surface area contributed by atoms with E-state index in [2.05, 4.69) is 10.6 Å². The molecule has 0 bridgehead atoms. The van der Waals surface area contributed by atoms with Crippen LogP contribution in [0.15, 0.2) is 0 Å². The van der Waals surface area contributed by atoms with E-state index < -0.39 is 18.0 Å². The first-order valence-electron chi connectivity index (χ1n) is 6.57. The van der Waals surface area contributed by atoms with E-state index in [0.717, 1.165) is 6.42 Å². The molecule has 0 aromatic rings. The lowest BCUT2D eigenvalue weighted by atomic mass is 9.90. The molecule has 0 aliphatic heterocycles. The Labute approximate surface area is 125 Å². The summed E-state index contributed by atoms with van der Waals surface area (Å²) in [6, 6.07) is -1.28. The molecule has 1 atom stereocenters. The average Bonchev–Trinajstić information content (AvgIpc) is 2.38. The Morgan fingerprint density at radius 1 is 1.40 bits per heavy atom. The highest BCUT2D eigenvalue weighted by Gasteiger charge is 2.22. The molecule has 0 aromatic carbocycles. The first kappa shape index (κ1) is 19.1. The zero-order valence-electron chi connectivity index (χ0n) is 12.7. The van der Waals surface area contributed by atoms with Gasteiger partial charge in [0.1, 0.15) is 6.04 Å². The van der Waals surface area contributed by atoms with Gasteiger partial charge in [0.25, 0.3) is 0 Å². The molecular weight excluding hydrogens is 280 g/mol. The van der Waals surface area contributed by atoms with Crippen molar-refractivity contribution in [2.45, 2.75) is 32.7 Å². The van der Waals surface area contributed by atoms with Crippen LogP contribution in [0, 0.1) is 5.41 Å². The van der Waals surface area contributed by atoms with E-state index in [4.69, 9.17) is 9.84 Å². The number of carboxylic acids is 1. The van der Waals surface area contributed by atoms with Gasteiger partial charge < -0.3 is 20.5 Å². The SMILES string of the molecule is COCCC(C)(C)CNC(=O)N[C@@H](CCSC)C(=O)O. The number of carbonyl (C=O) groups is 2. The lowest BCUT2D eigenvalue weighted by Gasteiger charge is -2.25. The van der Waals surface area contributed by atoms with Crippen molar-refractivity contribution in [2.24, 2.45) is 5.41 Å². The maximum Gasteiger partial charge on any atom is 0.326 e. The zero-order valence-corrected chi connectivity index (χ0v) is 13.5. The Bertz CT molecular complexity index is 311. The third-order valence-electron chi connectivity index (χ3n) is 2.92. The summed E-state index contributed by atoms with van der Waals surface area (Å²) in [6.45, 7) is 5.14. The minimum absolute atomic E-state index is 0.0919. The lowest BCUT2D eigenvalue weighted by molar-refractivity contribution is -0.139. The molecule has 0 aliphatic carbocycles. The van der Waals surface area contributed by atoms with Crippen LogP contribution in [0.1, 0.15) is 26.7 Å². The molecule has 0 rings (SSSR count). The number of carboxylic acid groups (broad SMARTS) is 1. The molecule has 2 amide bonds. The molecule has 7 heteroatoms. The predicted octanol–water partition coefficient (Wildman–Crippen LogP) is 1.55. The van der Waals surface area contributed by atoms with Crippen LogP contribution < -0.4 is 10.6 Å². The lowest BCUT2D eigenvalue weighted by Crippen LogP contribution is -2.48. The van der Waals surface area contributed by atoms with Crippen LogP contribution in [-0.2, 0) is 9.53 Å². The van der Waals surface area contributed by atoms with E-state index in [1.165, 1.54) is 0 Å². The maximum atomic E-state index is 11.7. The monoisotopic (exact) mass is 306 g/mol. The fourth-order valence-electron chi connectivity index (χ4n) is 1.49. The van der Waals surface area contributed by atoms with Crippen molar-refractivity contribution in [1.82, 2.24) is 10.6 Å². The molecule has 0 saturated heterocycles. The number of thioether (sulfide) groups is 1. The zero-order chi connectivity index (χ0) is 15.6. The van der Waals surface area contributed by atoms with Crippen LogP contribution in [0.5, 0.6) is 0 Å². The van der Waals surface area contributed by atoms with Gasteiger partial charge in [-0.1, -0.05) is 13.8 Å². The molecular formula is C13H26N2O4S. The number of hydrogen-bond donors (Lipinski definition) is 3. The highest BCUT2D eigenvalue weighted by atomic mass is 32.2. The number of carbonyl (C=O) groups excluding carboxylic acids is 1. The van der Waals surface area contributed by atoms with Gasteiger partial charge in [0.05, 0.1) is 0 Å². The average molecular weight is 306 g/mol. The summed E-state index contributed by atoms with van der Waals surface area (Å²) in [4.78, 5) is 22.7. The van der Waals surface area contributed by atoms with Crippen molar-refractivity contribution in [2.75, 3.05) is 32.3 Å². The minimum atomic E-state index is -1.01. The van der Waals surface area contributed by atoms with Gasteiger partial charge in [0.2, 0.25) is 0 Å². The molecule has 3 N–H and O–H groups in total. The highest BCUT2D eigenvalue weighted by Crippen LogP contribution is 2.18. The summed E-state index contributed by atoms with van der Waals surface area (Å²) in [5.41, 5.74) is -0.0919. The second kappa shape index (κ2) is 9.88. The van der Waals surface area contributed by atoms with Crippen LogP contribution in [0.25, 0.3) is 0 Å². The molecule has 20 heavy (non-hydrogen) atoms. The van der Waals surface area contributed by atoms with E-state index in [9.17, 15) is 9.59 Å². The largest absolute Gasteiger partial charge is 0.480 e. The maximum absolute atomic E-state index is 11.7. The van der Waals surface area contributed by atoms with Crippen molar-refractivity contribution in [3.05, 3.63) is 0 Å². The first-order chi connectivity index (χ1) is 9.32. The molecule has 0 unspecified atom stereocenters. The summed E-state index contributed by atoms with van der Waals surface area (Å²) in [5, 5.41) is 14.2. The van der Waals surface area contributed by atoms with Crippen LogP contribution in [0.4, 0.5) is 4.79 Å². The first-order valence-corrected chi connectivity index (χ1v) is 7.97. The molecule has 0 saturated carbocycles. The summed E-state index contributed by atoms with van der Waals surface area (Å²) < 4.78 is 5.02. The topological polar surface area (TPSA) is 87.7 Å². The summed E-state index contributed by atoms with van der Waals surface area (Å²) in [5.74, 6) is -0.316. The van der Waals surface area contributed by atoms with E-state index in [0.29, 0.717) is 25.3 Å². The second-order valence-electron chi connectivity index (χ2n) is 5.41. The van der Waals surface area contributed by atoms with Gasteiger partial charge in [0.15, 0.2) is 0 Å². The fourth-order valence-corrected chi connectivity index (χ4v) is 1.96. The molecule has 6 nitrogen and oxygen atoms in total. The Kier molecular flexibility index (Phi) is 9.41. The van der Waals surface area contributed by atoms with Crippen LogP contribution in [-0.4, -0.2) is 55.4 Å². The number of methoxy groups -OCH3 is 1. The Morgan fingerprint density at radius 3 is 2.55 bits per heavy atom. The summed E-state index contributed by atoms with van der Waals surface area (Å²) in [6.07, 6.45) is 3.13. The van der Waals surface area contributed by atoms with Gasteiger partial charge in [-0.2, -0.15) is 11.8 Å². The molecule has 0 heterocycles. The molecule has 0 spiro atoms. The van der Waals surface area contributed by atoms with E-state index in [-0.39, 0.29) is 5.41 Å². The van der Waals surface area contributed by atoms with Crippen molar-refractivity contribution in [1.29, 1.82) is 0 Å². The summed E-state index contributed by atoms with van der Waals surface area (Å²) >= 11 is 1.55. The van der Waals surface area contributed by atoms with Crippen LogP contribution in [0.2, 0.25) is 0 Å². The van der Waals surface area contributed by atoms with Crippen molar-refractivity contribution < 1.29 is 19.4 Å². The number of urea groups is 1. The van der Waals surface area contributed by atoms with Gasteiger partial charge in [-0.05, 0) is 30.3 Å². The number of ether oxygens (including phenoxy) is 1.